The lowest BCUT2D eigenvalue weighted by Gasteiger charge is -2.32. The summed E-state index contributed by atoms with van der Waals surface area (Å²) < 4.78 is 4.99. The van der Waals surface area contributed by atoms with E-state index in [1.54, 1.807) is 0 Å². The lowest BCUT2D eigenvalue weighted by molar-refractivity contribution is -0.143. The van der Waals surface area contributed by atoms with Gasteiger partial charge in [0.2, 0.25) is 0 Å². The van der Waals surface area contributed by atoms with E-state index in [0.29, 0.717) is 13.0 Å². The van der Waals surface area contributed by atoms with Gasteiger partial charge in [0.05, 0.1) is 6.61 Å². The van der Waals surface area contributed by atoms with Crippen molar-refractivity contribution >= 4 is 5.97 Å². The summed E-state index contributed by atoms with van der Waals surface area (Å²) in [5.41, 5.74) is 5.40. The molecule has 0 N–H and O–H groups in total. The highest BCUT2D eigenvalue weighted by atomic mass is 16.5. The summed E-state index contributed by atoms with van der Waals surface area (Å²) in [5, 5.41) is 0. The second kappa shape index (κ2) is 10.2. The standard InChI is InChI=1S/C25H32O2/c1-5-27-24(26)18-10-16-22-14-7-6-13-21(22)15-8-9-17-23-20(2)12-11-19-25(23,3)4/h6-7,9,13-14,17H,5,10-12,16,18-19H2,1-4H3. The Balaban J connectivity index is 2.03. The second-order valence-electron chi connectivity index (χ2n) is 7.85. The lowest BCUT2D eigenvalue weighted by atomic mass is 9.73. The van der Waals surface area contributed by atoms with Crippen LogP contribution in [0.1, 0.15) is 70.9 Å². The summed E-state index contributed by atoms with van der Waals surface area (Å²) in [4.78, 5) is 11.5. The summed E-state index contributed by atoms with van der Waals surface area (Å²) in [6.07, 6.45) is 9.98. The van der Waals surface area contributed by atoms with Crippen molar-refractivity contribution in [3.05, 3.63) is 58.7 Å². The Morgan fingerprint density at radius 3 is 2.81 bits per heavy atom. The zero-order valence-corrected chi connectivity index (χ0v) is 17.2. The van der Waals surface area contributed by atoms with Crippen LogP contribution in [0.3, 0.4) is 0 Å². The van der Waals surface area contributed by atoms with Gasteiger partial charge in [-0.2, -0.15) is 0 Å². The number of carbonyl (C=O) groups excluding carboxylic acids is 1. The van der Waals surface area contributed by atoms with Crippen LogP contribution in [0.25, 0.3) is 0 Å². The number of carbonyl (C=O) groups is 1. The molecule has 1 aliphatic rings. The van der Waals surface area contributed by atoms with Crippen molar-refractivity contribution in [2.75, 3.05) is 6.61 Å². The number of benzene rings is 1. The Bertz CT molecular complexity index is 769. The maximum Gasteiger partial charge on any atom is 0.305 e. The fourth-order valence-electron chi connectivity index (χ4n) is 3.77. The Labute approximate surface area is 164 Å². The van der Waals surface area contributed by atoms with Crippen LogP contribution in [0, 0.1) is 17.3 Å². The van der Waals surface area contributed by atoms with Crippen LogP contribution in [0.4, 0.5) is 0 Å². The lowest BCUT2D eigenvalue weighted by Crippen LogP contribution is -2.18. The molecule has 0 fully saturated rings. The van der Waals surface area contributed by atoms with Gasteiger partial charge in [-0.15, -0.1) is 0 Å². The number of hydrogen-bond donors (Lipinski definition) is 0. The third-order valence-electron chi connectivity index (χ3n) is 5.23. The van der Waals surface area contributed by atoms with Crippen LogP contribution in [0.5, 0.6) is 0 Å². The third kappa shape index (κ3) is 6.43. The number of rotatable bonds is 6. The van der Waals surface area contributed by atoms with Crippen LogP contribution in [0.2, 0.25) is 0 Å². The highest BCUT2D eigenvalue weighted by molar-refractivity contribution is 5.69. The topological polar surface area (TPSA) is 26.3 Å². The number of hydrogen-bond acceptors (Lipinski definition) is 2. The summed E-state index contributed by atoms with van der Waals surface area (Å²) >= 11 is 0. The molecule has 2 rings (SSSR count). The molecule has 2 nitrogen and oxygen atoms in total. The van der Waals surface area contributed by atoms with Gasteiger partial charge in [0.25, 0.3) is 0 Å². The molecule has 1 aromatic carbocycles. The highest BCUT2D eigenvalue weighted by Gasteiger charge is 2.26. The maximum atomic E-state index is 11.5. The molecule has 1 aliphatic carbocycles. The molecule has 0 unspecified atom stereocenters. The van der Waals surface area contributed by atoms with Gasteiger partial charge in [-0.3, -0.25) is 4.79 Å². The van der Waals surface area contributed by atoms with E-state index >= 15 is 0 Å². The van der Waals surface area contributed by atoms with E-state index in [9.17, 15) is 4.79 Å². The fourth-order valence-corrected chi connectivity index (χ4v) is 3.77. The minimum absolute atomic E-state index is 0.122. The average molecular weight is 365 g/mol. The van der Waals surface area contributed by atoms with Crippen molar-refractivity contribution in [1.82, 2.24) is 0 Å². The van der Waals surface area contributed by atoms with Gasteiger partial charge in [0.1, 0.15) is 0 Å². The summed E-state index contributed by atoms with van der Waals surface area (Å²) in [7, 11) is 0. The van der Waals surface area contributed by atoms with Gasteiger partial charge in [0.15, 0.2) is 0 Å². The minimum atomic E-state index is -0.122. The zero-order chi connectivity index (χ0) is 19.7. The molecule has 0 atom stereocenters. The highest BCUT2D eigenvalue weighted by Crippen LogP contribution is 2.40. The van der Waals surface area contributed by atoms with Crippen LogP contribution in [-0.2, 0) is 16.0 Å². The van der Waals surface area contributed by atoms with Gasteiger partial charge in [0, 0.05) is 12.0 Å². The van der Waals surface area contributed by atoms with Gasteiger partial charge >= 0.3 is 5.97 Å². The van der Waals surface area contributed by atoms with Crippen LogP contribution in [-0.4, -0.2) is 12.6 Å². The molecule has 0 aromatic heterocycles. The molecule has 0 saturated heterocycles. The molecular formula is C25H32O2. The SMILES string of the molecule is CCOC(=O)CCCc1ccccc1C#CC=CC1=C(C)CCCC1(C)C. The summed E-state index contributed by atoms with van der Waals surface area (Å²) in [6.45, 7) is 9.16. The van der Waals surface area contributed by atoms with Gasteiger partial charge in [-0.1, -0.05) is 55.5 Å². The number of allylic oxidation sites excluding steroid dienone is 4. The van der Waals surface area contributed by atoms with Crippen LogP contribution < -0.4 is 0 Å². The number of esters is 1. The first-order valence-electron chi connectivity index (χ1n) is 10.1. The summed E-state index contributed by atoms with van der Waals surface area (Å²) in [5.74, 6) is 6.37. The Morgan fingerprint density at radius 2 is 2.07 bits per heavy atom. The molecule has 0 radical (unpaired) electrons. The smallest absolute Gasteiger partial charge is 0.305 e. The molecule has 0 aliphatic heterocycles. The maximum absolute atomic E-state index is 11.5. The molecule has 2 heteroatoms. The molecule has 0 bridgehead atoms. The Morgan fingerprint density at radius 1 is 1.30 bits per heavy atom. The normalized spacial score (nSPS) is 16.1. The van der Waals surface area contributed by atoms with E-state index in [-0.39, 0.29) is 11.4 Å². The second-order valence-corrected chi connectivity index (χ2v) is 7.85. The molecular weight excluding hydrogens is 332 g/mol. The predicted molar refractivity (Wildman–Crippen MR) is 112 cm³/mol. The van der Waals surface area contributed by atoms with Crippen molar-refractivity contribution in [2.45, 2.75) is 66.2 Å². The Hall–Kier alpha value is -2.27. The molecule has 0 saturated carbocycles. The first-order valence-corrected chi connectivity index (χ1v) is 10.1. The molecule has 27 heavy (non-hydrogen) atoms. The van der Waals surface area contributed by atoms with Crippen molar-refractivity contribution in [3.63, 3.8) is 0 Å². The van der Waals surface area contributed by atoms with E-state index in [2.05, 4.69) is 50.8 Å². The van der Waals surface area contributed by atoms with E-state index in [0.717, 1.165) is 18.4 Å². The van der Waals surface area contributed by atoms with Gasteiger partial charge in [-0.25, -0.2) is 0 Å². The largest absolute Gasteiger partial charge is 0.466 e. The number of aryl methyl sites for hydroxylation is 1. The Kier molecular flexibility index (Phi) is 7.92. The first kappa shape index (κ1) is 21.0. The van der Waals surface area contributed by atoms with E-state index < -0.39 is 0 Å². The van der Waals surface area contributed by atoms with Crippen LogP contribution in [0.15, 0.2) is 47.6 Å². The molecule has 0 spiro atoms. The molecule has 0 amide bonds. The van der Waals surface area contributed by atoms with E-state index in [4.69, 9.17) is 4.74 Å². The van der Waals surface area contributed by atoms with Crippen molar-refractivity contribution in [1.29, 1.82) is 0 Å². The van der Waals surface area contributed by atoms with Crippen molar-refractivity contribution in [3.8, 4) is 11.8 Å². The molecule has 144 valence electrons. The third-order valence-corrected chi connectivity index (χ3v) is 5.23. The molecule has 0 heterocycles. The van der Waals surface area contributed by atoms with Crippen molar-refractivity contribution < 1.29 is 9.53 Å². The monoisotopic (exact) mass is 364 g/mol. The predicted octanol–water partition coefficient (Wildman–Crippen LogP) is 6.01. The number of ether oxygens (including phenoxy) is 1. The summed E-state index contributed by atoms with van der Waals surface area (Å²) in [6, 6.07) is 8.18. The van der Waals surface area contributed by atoms with Gasteiger partial charge < -0.3 is 4.74 Å². The molecule has 1 aromatic rings. The quantitative estimate of drug-likeness (QED) is 0.456. The average Bonchev–Trinajstić information content (AvgIpc) is 2.61. The first-order chi connectivity index (χ1) is 12.9. The minimum Gasteiger partial charge on any atom is -0.466 e. The fraction of sp³-hybridized carbons (Fsp3) is 0.480. The van der Waals surface area contributed by atoms with Crippen molar-refractivity contribution in [2.24, 2.45) is 5.41 Å². The zero-order valence-electron chi connectivity index (χ0n) is 17.2. The van der Waals surface area contributed by atoms with Gasteiger partial charge in [-0.05, 0) is 74.6 Å². The van der Waals surface area contributed by atoms with E-state index in [1.165, 1.54) is 36.0 Å². The van der Waals surface area contributed by atoms with Crippen LogP contribution >= 0.6 is 0 Å². The van der Waals surface area contributed by atoms with E-state index in [1.807, 2.05) is 25.1 Å².